The van der Waals surface area contributed by atoms with Gasteiger partial charge in [-0.25, -0.2) is 0 Å². The van der Waals surface area contributed by atoms with E-state index in [1.165, 1.54) is 44.2 Å². The highest BCUT2D eigenvalue weighted by atomic mass is 16.3. The molecule has 0 amide bonds. The summed E-state index contributed by atoms with van der Waals surface area (Å²) in [6, 6.07) is 0. The maximum Gasteiger partial charge on any atom is 0.143 e. The fraction of sp³-hybridized carbons (Fsp3) is 0.852. The molecule has 1 heterocycles. The van der Waals surface area contributed by atoms with Crippen molar-refractivity contribution in [1.82, 2.24) is 0 Å². The third-order valence-electron chi connectivity index (χ3n) is 10.8. The van der Waals surface area contributed by atoms with E-state index in [-0.39, 0.29) is 12.0 Å². The summed E-state index contributed by atoms with van der Waals surface area (Å²) in [4.78, 5) is 17.3. The van der Waals surface area contributed by atoms with E-state index in [0.29, 0.717) is 41.4 Å². The Bertz CT molecular complexity index is 784. The molecule has 9 atom stereocenters. The number of nitrogens with zero attached hydrogens (tertiary/aromatic N) is 1. The van der Waals surface area contributed by atoms with Crippen LogP contribution in [0.3, 0.4) is 0 Å². The number of carbonyl (C=O) groups excluding carboxylic acids is 1. The summed E-state index contributed by atoms with van der Waals surface area (Å²) in [5.41, 5.74) is 3.48. The fourth-order valence-corrected chi connectivity index (χ4v) is 8.81. The van der Waals surface area contributed by atoms with Gasteiger partial charge in [0, 0.05) is 24.6 Å². The summed E-state index contributed by atoms with van der Waals surface area (Å²) < 4.78 is 0. The number of carbonyl (C=O) groups is 1. The lowest BCUT2D eigenvalue weighted by Gasteiger charge is -2.58. The highest BCUT2D eigenvalue weighted by Crippen LogP contribution is 2.67. The molecule has 1 N–H and O–H groups in total. The third kappa shape index (κ3) is 3.01. The van der Waals surface area contributed by atoms with Gasteiger partial charge in [0.05, 0.1) is 6.10 Å². The maximum atomic E-state index is 12.4. The molecule has 3 fully saturated rings. The largest absolute Gasteiger partial charge is 0.393 e. The molecule has 5 aliphatic rings. The predicted octanol–water partition coefficient (Wildman–Crippen LogP) is 5.61. The van der Waals surface area contributed by atoms with E-state index in [1.807, 2.05) is 6.92 Å². The minimum Gasteiger partial charge on any atom is -0.393 e. The van der Waals surface area contributed by atoms with Crippen LogP contribution in [0, 0.1) is 46.3 Å². The first-order valence-electron chi connectivity index (χ1n) is 12.7. The predicted molar refractivity (Wildman–Crippen MR) is 121 cm³/mol. The number of hydrogen-bond donors (Lipinski definition) is 1. The van der Waals surface area contributed by atoms with Gasteiger partial charge in [-0.3, -0.25) is 9.79 Å². The van der Waals surface area contributed by atoms with E-state index in [4.69, 9.17) is 4.99 Å². The molecular weight excluding hydrogens is 370 g/mol. The van der Waals surface area contributed by atoms with Crippen LogP contribution in [0.5, 0.6) is 0 Å². The molecule has 0 bridgehead atoms. The summed E-state index contributed by atoms with van der Waals surface area (Å²) >= 11 is 0. The number of aliphatic imine (C=N–C) groups is 1. The average molecular weight is 412 g/mol. The minimum absolute atomic E-state index is 0.112. The zero-order valence-electron chi connectivity index (χ0n) is 19.5. The van der Waals surface area contributed by atoms with Crippen molar-refractivity contribution in [1.29, 1.82) is 0 Å². The normalized spacial score (nSPS) is 49.4. The van der Waals surface area contributed by atoms with Gasteiger partial charge in [0.2, 0.25) is 0 Å². The molecule has 0 aromatic carbocycles. The summed E-state index contributed by atoms with van der Waals surface area (Å²) in [5, 5.41) is 10.2. The molecule has 0 radical (unpaired) electrons. The smallest absolute Gasteiger partial charge is 0.143 e. The van der Waals surface area contributed by atoms with Crippen molar-refractivity contribution in [3.63, 3.8) is 0 Å². The van der Waals surface area contributed by atoms with Crippen molar-refractivity contribution in [3.05, 3.63) is 11.6 Å². The van der Waals surface area contributed by atoms with Gasteiger partial charge in [-0.2, -0.15) is 0 Å². The Labute approximate surface area is 182 Å². The second-order valence-electron chi connectivity index (χ2n) is 12.0. The molecule has 3 saturated carbocycles. The standard InChI is InChI=1S/C27H41NO2/c1-16-15-28-24(14-25(16)30)17(2)21-7-8-22-20-6-5-18-13-19(29)9-11-26(18,3)23(20)10-12-27(21,22)4/h5,16-17,19-23,29H,6-15H2,1-4H3/t16?,17?,19?,20-,21+,22-,23-,26-,27+/m0/s1. The number of ketones is 1. The van der Waals surface area contributed by atoms with E-state index >= 15 is 0 Å². The lowest BCUT2D eigenvalue weighted by atomic mass is 9.47. The Hall–Kier alpha value is -0.960. The number of allylic oxidation sites excluding steroid dienone is 1. The van der Waals surface area contributed by atoms with Gasteiger partial charge in [0.1, 0.15) is 5.78 Å². The van der Waals surface area contributed by atoms with Gasteiger partial charge < -0.3 is 5.11 Å². The molecule has 3 heteroatoms. The molecule has 3 unspecified atom stereocenters. The first-order valence-corrected chi connectivity index (χ1v) is 12.7. The van der Waals surface area contributed by atoms with Crippen molar-refractivity contribution >= 4 is 11.5 Å². The van der Waals surface area contributed by atoms with Crippen molar-refractivity contribution in [3.8, 4) is 0 Å². The van der Waals surface area contributed by atoms with Gasteiger partial charge in [0.15, 0.2) is 0 Å². The lowest BCUT2D eigenvalue weighted by Crippen LogP contribution is -2.51. The van der Waals surface area contributed by atoms with Crippen LogP contribution in [0.2, 0.25) is 0 Å². The third-order valence-corrected chi connectivity index (χ3v) is 10.8. The number of hydrogen-bond acceptors (Lipinski definition) is 3. The molecule has 0 aromatic heterocycles. The second kappa shape index (κ2) is 7.29. The zero-order valence-corrected chi connectivity index (χ0v) is 19.5. The van der Waals surface area contributed by atoms with Crippen LogP contribution in [0.25, 0.3) is 0 Å². The van der Waals surface area contributed by atoms with Crippen LogP contribution in [-0.2, 0) is 4.79 Å². The Morgan fingerprint density at radius 1 is 1.13 bits per heavy atom. The quantitative estimate of drug-likeness (QED) is 0.600. The number of Topliss-reactive ketones (excluding diaryl/α,β-unsaturated/α-hetero) is 1. The lowest BCUT2D eigenvalue weighted by molar-refractivity contribution is -0.121. The van der Waals surface area contributed by atoms with E-state index < -0.39 is 0 Å². The first kappa shape index (κ1) is 20.9. The first-order chi connectivity index (χ1) is 14.2. The number of aliphatic hydroxyl groups is 1. The summed E-state index contributed by atoms with van der Waals surface area (Å²) in [6.45, 7) is 10.2. The zero-order chi connectivity index (χ0) is 21.3. The monoisotopic (exact) mass is 411 g/mol. The highest BCUT2D eigenvalue weighted by molar-refractivity contribution is 6.05. The van der Waals surface area contributed by atoms with Gasteiger partial charge >= 0.3 is 0 Å². The van der Waals surface area contributed by atoms with E-state index in [1.54, 1.807) is 5.57 Å². The molecule has 0 spiro atoms. The average Bonchev–Trinajstić information content (AvgIpc) is 3.07. The van der Waals surface area contributed by atoms with Crippen LogP contribution < -0.4 is 0 Å². The summed E-state index contributed by atoms with van der Waals surface area (Å²) in [7, 11) is 0. The van der Waals surface area contributed by atoms with Crippen molar-refractivity contribution < 1.29 is 9.90 Å². The molecule has 30 heavy (non-hydrogen) atoms. The van der Waals surface area contributed by atoms with Gasteiger partial charge in [-0.05, 0) is 91.8 Å². The van der Waals surface area contributed by atoms with Gasteiger partial charge in [-0.15, -0.1) is 0 Å². The van der Waals surface area contributed by atoms with E-state index in [0.717, 1.165) is 30.6 Å². The van der Waals surface area contributed by atoms with Crippen LogP contribution >= 0.6 is 0 Å². The molecule has 5 rings (SSSR count). The van der Waals surface area contributed by atoms with Crippen molar-refractivity contribution in [2.75, 3.05) is 6.54 Å². The van der Waals surface area contributed by atoms with E-state index in [2.05, 4.69) is 26.8 Å². The maximum absolute atomic E-state index is 12.4. The summed E-state index contributed by atoms with van der Waals surface area (Å²) in [5.74, 6) is 4.04. The molecule has 0 aromatic rings. The Kier molecular flexibility index (Phi) is 5.08. The number of aliphatic hydroxyl groups excluding tert-OH is 1. The second-order valence-corrected chi connectivity index (χ2v) is 12.0. The number of rotatable bonds is 2. The highest BCUT2D eigenvalue weighted by Gasteiger charge is 2.59. The molecule has 1 aliphatic heterocycles. The molecule has 0 saturated heterocycles. The Morgan fingerprint density at radius 2 is 1.93 bits per heavy atom. The molecular formula is C27H41NO2. The number of fused-ring (bicyclic) bond motifs is 5. The Balaban J connectivity index is 1.39. The van der Waals surface area contributed by atoms with Gasteiger partial charge in [-0.1, -0.05) is 39.3 Å². The fourth-order valence-electron chi connectivity index (χ4n) is 8.81. The van der Waals surface area contributed by atoms with Crippen molar-refractivity contribution in [2.45, 2.75) is 91.6 Å². The van der Waals surface area contributed by atoms with Crippen molar-refractivity contribution in [2.24, 2.45) is 51.3 Å². The minimum atomic E-state index is -0.117. The molecule has 3 nitrogen and oxygen atoms in total. The van der Waals surface area contributed by atoms with E-state index in [9.17, 15) is 9.90 Å². The van der Waals surface area contributed by atoms with Crippen LogP contribution in [0.1, 0.15) is 85.5 Å². The van der Waals surface area contributed by atoms with Crippen LogP contribution in [-0.4, -0.2) is 29.3 Å². The topological polar surface area (TPSA) is 49.7 Å². The van der Waals surface area contributed by atoms with Crippen LogP contribution in [0.4, 0.5) is 0 Å². The SMILES string of the molecule is CC1CN=C(C(C)[C@H]2CC[C@H]3[C@@H]4CC=C5CC(O)CC[C@]5(C)[C@H]4CC[C@]23C)CC1=O. The summed E-state index contributed by atoms with van der Waals surface area (Å²) in [6.07, 6.45) is 12.6. The molecule has 4 aliphatic carbocycles. The van der Waals surface area contributed by atoms with Gasteiger partial charge in [0.25, 0.3) is 0 Å². The Morgan fingerprint density at radius 3 is 2.70 bits per heavy atom. The molecule has 166 valence electrons. The van der Waals surface area contributed by atoms with Crippen LogP contribution in [0.15, 0.2) is 16.6 Å².